The highest BCUT2D eigenvalue weighted by Gasteiger charge is 2.29. The monoisotopic (exact) mass is 202 g/mol. The van der Waals surface area contributed by atoms with Gasteiger partial charge in [0.05, 0.1) is 11.4 Å². The Morgan fingerprint density at radius 1 is 1.20 bits per heavy atom. The molecule has 0 spiro atoms. The van der Waals surface area contributed by atoms with Crippen molar-refractivity contribution in [2.24, 2.45) is 5.92 Å². The SMILES string of the molecule is Cc1ccc2c(c1)NC1CCCC1CN2. The van der Waals surface area contributed by atoms with Crippen LogP contribution in [0.15, 0.2) is 18.2 Å². The van der Waals surface area contributed by atoms with Gasteiger partial charge in [-0.25, -0.2) is 0 Å². The molecular formula is C13H18N2. The van der Waals surface area contributed by atoms with E-state index in [0.29, 0.717) is 6.04 Å². The van der Waals surface area contributed by atoms with Gasteiger partial charge >= 0.3 is 0 Å². The average Bonchev–Trinajstić information content (AvgIpc) is 2.58. The second-order valence-electron chi connectivity index (χ2n) is 4.87. The maximum absolute atomic E-state index is 3.70. The van der Waals surface area contributed by atoms with Crippen LogP contribution in [0.5, 0.6) is 0 Å². The van der Waals surface area contributed by atoms with Crippen LogP contribution in [0, 0.1) is 12.8 Å². The molecule has 0 aromatic heterocycles. The van der Waals surface area contributed by atoms with Crippen molar-refractivity contribution in [1.29, 1.82) is 0 Å². The van der Waals surface area contributed by atoms with Crippen molar-refractivity contribution in [2.45, 2.75) is 32.2 Å². The molecule has 3 rings (SSSR count). The molecule has 2 atom stereocenters. The van der Waals surface area contributed by atoms with Crippen molar-refractivity contribution in [3.05, 3.63) is 23.8 Å². The number of nitrogens with one attached hydrogen (secondary N) is 2. The van der Waals surface area contributed by atoms with Crippen LogP contribution in [0.3, 0.4) is 0 Å². The molecular weight excluding hydrogens is 184 g/mol. The largest absolute Gasteiger partial charge is 0.383 e. The highest BCUT2D eigenvalue weighted by molar-refractivity contribution is 5.71. The summed E-state index contributed by atoms with van der Waals surface area (Å²) in [5.74, 6) is 0.817. The molecule has 0 radical (unpaired) electrons. The van der Waals surface area contributed by atoms with Crippen molar-refractivity contribution in [2.75, 3.05) is 17.2 Å². The fourth-order valence-electron chi connectivity index (χ4n) is 2.84. The average molecular weight is 202 g/mol. The summed E-state index contributed by atoms with van der Waals surface area (Å²) < 4.78 is 0. The molecule has 2 heteroatoms. The van der Waals surface area contributed by atoms with Gasteiger partial charge in [0.2, 0.25) is 0 Å². The molecule has 2 nitrogen and oxygen atoms in total. The van der Waals surface area contributed by atoms with E-state index >= 15 is 0 Å². The van der Waals surface area contributed by atoms with Gasteiger partial charge in [0.1, 0.15) is 0 Å². The van der Waals surface area contributed by atoms with Gasteiger partial charge in [-0.15, -0.1) is 0 Å². The maximum atomic E-state index is 3.70. The molecule has 2 unspecified atom stereocenters. The summed E-state index contributed by atoms with van der Waals surface area (Å²) in [5, 5.41) is 7.26. The Morgan fingerprint density at radius 3 is 3.07 bits per heavy atom. The normalized spacial score (nSPS) is 28.3. The second-order valence-corrected chi connectivity index (χ2v) is 4.87. The van der Waals surface area contributed by atoms with E-state index < -0.39 is 0 Å². The molecule has 0 bridgehead atoms. The molecule has 0 amide bonds. The summed E-state index contributed by atoms with van der Waals surface area (Å²) in [5.41, 5.74) is 3.90. The standard InChI is InChI=1S/C13H18N2/c1-9-5-6-12-13(7-9)15-11-4-2-3-10(11)8-14-12/h5-7,10-11,14-15H,2-4,8H2,1H3. The third-order valence-corrected chi connectivity index (χ3v) is 3.73. The Morgan fingerprint density at radius 2 is 2.13 bits per heavy atom. The van der Waals surface area contributed by atoms with E-state index in [1.807, 2.05) is 0 Å². The lowest BCUT2D eigenvalue weighted by Crippen LogP contribution is -2.25. The summed E-state index contributed by atoms with van der Waals surface area (Å²) >= 11 is 0. The van der Waals surface area contributed by atoms with Gasteiger partial charge in [-0.05, 0) is 43.4 Å². The molecule has 1 aromatic rings. The molecule has 1 aliphatic carbocycles. The van der Waals surface area contributed by atoms with Crippen molar-refractivity contribution >= 4 is 11.4 Å². The molecule has 2 N–H and O–H groups in total. The molecule has 1 heterocycles. The molecule has 80 valence electrons. The highest BCUT2D eigenvalue weighted by atomic mass is 15.0. The Labute approximate surface area is 91.1 Å². The van der Waals surface area contributed by atoms with Crippen LogP contribution in [0.1, 0.15) is 24.8 Å². The first-order chi connectivity index (χ1) is 7.33. The zero-order chi connectivity index (χ0) is 10.3. The zero-order valence-electron chi connectivity index (χ0n) is 9.22. The predicted molar refractivity (Wildman–Crippen MR) is 64.4 cm³/mol. The summed E-state index contributed by atoms with van der Waals surface area (Å²) in [7, 11) is 0. The quantitative estimate of drug-likeness (QED) is 0.675. The van der Waals surface area contributed by atoms with Crippen LogP contribution in [0.25, 0.3) is 0 Å². The first-order valence-corrected chi connectivity index (χ1v) is 5.94. The molecule has 1 saturated carbocycles. The van der Waals surface area contributed by atoms with E-state index in [-0.39, 0.29) is 0 Å². The van der Waals surface area contributed by atoms with Gasteiger partial charge in [0, 0.05) is 12.6 Å². The van der Waals surface area contributed by atoms with Crippen molar-refractivity contribution in [3.63, 3.8) is 0 Å². The zero-order valence-corrected chi connectivity index (χ0v) is 9.22. The van der Waals surface area contributed by atoms with E-state index in [1.54, 1.807) is 0 Å². The number of rotatable bonds is 0. The van der Waals surface area contributed by atoms with Crippen LogP contribution in [-0.2, 0) is 0 Å². The molecule has 1 aliphatic heterocycles. The number of benzene rings is 1. The van der Waals surface area contributed by atoms with Crippen molar-refractivity contribution < 1.29 is 0 Å². The third kappa shape index (κ3) is 1.58. The molecule has 2 aliphatic rings. The minimum Gasteiger partial charge on any atom is -0.383 e. The van der Waals surface area contributed by atoms with E-state index in [1.165, 1.54) is 36.2 Å². The highest BCUT2D eigenvalue weighted by Crippen LogP contribution is 2.35. The van der Waals surface area contributed by atoms with Crippen LogP contribution in [-0.4, -0.2) is 12.6 Å². The van der Waals surface area contributed by atoms with E-state index in [9.17, 15) is 0 Å². The predicted octanol–water partition coefficient (Wildman–Crippen LogP) is 3.00. The summed E-state index contributed by atoms with van der Waals surface area (Å²) in [6, 6.07) is 7.32. The smallest absolute Gasteiger partial charge is 0.0580 e. The van der Waals surface area contributed by atoms with Gasteiger partial charge in [-0.2, -0.15) is 0 Å². The number of hydrogen-bond donors (Lipinski definition) is 2. The third-order valence-electron chi connectivity index (χ3n) is 3.73. The summed E-state index contributed by atoms with van der Waals surface area (Å²) in [6.07, 6.45) is 4.09. The Hall–Kier alpha value is -1.18. The van der Waals surface area contributed by atoms with E-state index in [2.05, 4.69) is 35.8 Å². The lowest BCUT2D eigenvalue weighted by atomic mass is 10.0. The fourth-order valence-corrected chi connectivity index (χ4v) is 2.84. The first-order valence-electron chi connectivity index (χ1n) is 5.94. The Kier molecular flexibility index (Phi) is 2.08. The van der Waals surface area contributed by atoms with Gasteiger partial charge in [0.15, 0.2) is 0 Å². The minimum absolute atomic E-state index is 0.695. The lowest BCUT2D eigenvalue weighted by molar-refractivity contribution is 0.537. The van der Waals surface area contributed by atoms with Gasteiger partial charge in [-0.1, -0.05) is 12.5 Å². The van der Waals surface area contributed by atoms with Crippen LogP contribution in [0.2, 0.25) is 0 Å². The lowest BCUT2D eigenvalue weighted by Gasteiger charge is -2.17. The van der Waals surface area contributed by atoms with Crippen LogP contribution in [0.4, 0.5) is 11.4 Å². The number of anilines is 2. The Balaban J connectivity index is 1.94. The molecule has 0 saturated heterocycles. The van der Waals surface area contributed by atoms with Crippen LogP contribution < -0.4 is 10.6 Å². The van der Waals surface area contributed by atoms with Gasteiger partial charge in [-0.3, -0.25) is 0 Å². The van der Waals surface area contributed by atoms with E-state index in [4.69, 9.17) is 0 Å². The van der Waals surface area contributed by atoms with Crippen LogP contribution >= 0.6 is 0 Å². The minimum atomic E-state index is 0.695. The van der Waals surface area contributed by atoms with Gasteiger partial charge in [0.25, 0.3) is 0 Å². The molecule has 1 fully saturated rings. The fraction of sp³-hybridized carbons (Fsp3) is 0.538. The first kappa shape index (κ1) is 9.08. The Bertz CT molecular complexity index is 373. The summed E-state index contributed by atoms with van der Waals surface area (Å²) in [6.45, 7) is 3.28. The maximum Gasteiger partial charge on any atom is 0.0580 e. The molecule has 1 aromatic carbocycles. The number of fused-ring (bicyclic) bond motifs is 2. The van der Waals surface area contributed by atoms with E-state index in [0.717, 1.165) is 12.5 Å². The second kappa shape index (κ2) is 3.44. The summed E-state index contributed by atoms with van der Waals surface area (Å²) in [4.78, 5) is 0. The molecule has 15 heavy (non-hydrogen) atoms. The van der Waals surface area contributed by atoms with Crippen molar-refractivity contribution in [3.8, 4) is 0 Å². The van der Waals surface area contributed by atoms with Crippen molar-refractivity contribution in [1.82, 2.24) is 0 Å². The number of aryl methyl sites for hydroxylation is 1. The van der Waals surface area contributed by atoms with Gasteiger partial charge < -0.3 is 10.6 Å². The number of hydrogen-bond acceptors (Lipinski definition) is 2. The topological polar surface area (TPSA) is 24.1 Å².